The number of benzene rings is 2. The van der Waals surface area contributed by atoms with Gasteiger partial charge in [-0.1, -0.05) is 23.7 Å². The molecule has 122 valence electrons. The summed E-state index contributed by atoms with van der Waals surface area (Å²) in [5.74, 6) is 1.42. The first-order chi connectivity index (χ1) is 11.5. The summed E-state index contributed by atoms with van der Waals surface area (Å²) < 4.78 is 5.78. The number of nitrogens with one attached hydrogen (secondary N) is 1. The molecule has 24 heavy (non-hydrogen) atoms. The Morgan fingerprint density at radius 3 is 1.96 bits per heavy atom. The molecule has 4 heteroatoms. The van der Waals surface area contributed by atoms with Crippen molar-refractivity contribution >= 4 is 11.6 Å². The van der Waals surface area contributed by atoms with Gasteiger partial charge >= 0.3 is 0 Å². The molecular formula is C20H18ClNO2. The Balaban J connectivity index is 1.92. The Labute approximate surface area is 145 Å². The number of H-pyrrole nitrogens is 1. The number of hydrogen-bond donors (Lipinski definition) is 1. The predicted molar refractivity (Wildman–Crippen MR) is 98.2 cm³/mol. The molecule has 1 heterocycles. The third-order valence-corrected chi connectivity index (χ3v) is 4.32. The zero-order chi connectivity index (χ0) is 17.3. The maximum absolute atomic E-state index is 12.6. The summed E-state index contributed by atoms with van der Waals surface area (Å²) in [6.45, 7) is 5.67. The quantitative estimate of drug-likeness (QED) is 0.693. The monoisotopic (exact) mass is 339 g/mol. The Hall–Kier alpha value is -2.52. The van der Waals surface area contributed by atoms with Gasteiger partial charge in [0.05, 0.1) is 0 Å². The number of aryl methyl sites for hydroxylation is 2. The predicted octanol–water partition coefficient (Wildman–Crippen LogP) is 5.41. The molecule has 0 atom stereocenters. The molecule has 0 amide bonds. The molecule has 2 aromatic carbocycles. The lowest BCUT2D eigenvalue weighted by Crippen LogP contribution is -2.14. The fourth-order valence-electron chi connectivity index (χ4n) is 2.64. The van der Waals surface area contributed by atoms with E-state index in [-0.39, 0.29) is 5.43 Å². The summed E-state index contributed by atoms with van der Waals surface area (Å²) in [5.41, 5.74) is 4.17. The van der Waals surface area contributed by atoms with E-state index in [1.54, 1.807) is 12.1 Å². The van der Waals surface area contributed by atoms with Gasteiger partial charge in [0.25, 0.3) is 0 Å². The summed E-state index contributed by atoms with van der Waals surface area (Å²) >= 11 is 5.87. The first-order valence-corrected chi connectivity index (χ1v) is 8.07. The number of aromatic amines is 1. The van der Waals surface area contributed by atoms with Crippen LogP contribution in [0.2, 0.25) is 5.02 Å². The van der Waals surface area contributed by atoms with Crippen LogP contribution in [0.5, 0.6) is 11.5 Å². The van der Waals surface area contributed by atoms with E-state index in [9.17, 15) is 4.79 Å². The van der Waals surface area contributed by atoms with E-state index in [4.69, 9.17) is 16.3 Å². The standard InChI is InChI=1S/C20H18ClNO2/c1-12-13(2)22-14(3)19(20(12)23)15-4-8-17(9-5-15)24-18-10-6-16(21)7-11-18/h4-11H,1-3H3,(H,22,23). The van der Waals surface area contributed by atoms with Crippen molar-refractivity contribution in [2.45, 2.75) is 20.8 Å². The molecular weight excluding hydrogens is 322 g/mol. The first kappa shape index (κ1) is 16.3. The molecule has 0 saturated carbocycles. The number of pyridine rings is 1. The molecule has 0 bridgehead atoms. The lowest BCUT2D eigenvalue weighted by Gasteiger charge is -2.11. The number of aromatic nitrogens is 1. The summed E-state index contributed by atoms with van der Waals surface area (Å²) in [7, 11) is 0. The van der Waals surface area contributed by atoms with Crippen LogP contribution in [0.1, 0.15) is 17.0 Å². The molecule has 3 nitrogen and oxygen atoms in total. The number of hydrogen-bond acceptors (Lipinski definition) is 2. The van der Waals surface area contributed by atoms with Crippen molar-refractivity contribution in [3.05, 3.63) is 80.7 Å². The summed E-state index contributed by atoms with van der Waals surface area (Å²) in [5, 5.41) is 0.669. The minimum atomic E-state index is 0.0649. The van der Waals surface area contributed by atoms with Crippen LogP contribution >= 0.6 is 11.6 Å². The van der Waals surface area contributed by atoms with Crippen LogP contribution in [0, 0.1) is 20.8 Å². The summed E-state index contributed by atoms with van der Waals surface area (Å²) in [6.07, 6.45) is 0. The minimum absolute atomic E-state index is 0.0649. The van der Waals surface area contributed by atoms with Crippen LogP contribution in [0.4, 0.5) is 0 Å². The van der Waals surface area contributed by atoms with Crippen molar-refractivity contribution in [2.75, 3.05) is 0 Å². The minimum Gasteiger partial charge on any atom is -0.457 e. The summed E-state index contributed by atoms with van der Waals surface area (Å²) in [6, 6.07) is 14.7. The molecule has 0 aliphatic carbocycles. The molecule has 1 N–H and O–H groups in total. The van der Waals surface area contributed by atoms with Gasteiger partial charge in [-0.25, -0.2) is 0 Å². The van der Waals surface area contributed by atoms with Crippen molar-refractivity contribution in [3.63, 3.8) is 0 Å². The largest absolute Gasteiger partial charge is 0.457 e. The van der Waals surface area contributed by atoms with Gasteiger partial charge in [0.1, 0.15) is 11.5 Å². The van der Waals surface area contributed by atoms with Crippen molar-refractivity contribution < 1.29 is 4.74 Å². The SMILES string of the molecule is Cc1[nH]c(C)c(-c2ccc(Oc3ccc(Cl)cc3)cc2)c(=O)c1C. The smallest absolute Gasteiger partial charge is 0.192 e. The van der Waals surface area contributed by atoms with E-state index in [1.165, 1.54) is 0 Å². The molecule has 0 unspecified atom stereocenters. The average molecular weight is 340 g/mol. The lowest BCUT2D eigenvalue weighted by atomic mass is 10.0. The van der Waals surface area contributed by atoms with Crippen LogP contribution in [-0.4, -0.2) is 4.98 Å². The Morgan fingerprint density at radius 1 is 0.833 bits per heavy atom. The molecule has 0 radical (unpaired) electrons. The maximum atomic E-state index is 12.6. The summed E-state index contributed by atoms with van der Waals surface area (Å²) in [4.78, 5) is 15.8. The number of halogens is 1. The Bertz CT molecular complexity index is 926. The van der Waals surface area contributed by atoms with Crippen LogP contribution in [0.15, 0.2) is 53.3 Å². The van der Waals surface area contributed by atoms with Crippen molar-refractivity contribution in [3.8, 4) is 22.6 Å². The van der Waals surface area contributed by atoms with Gasteiger partial charge < -0.3 is 9.72 Å². The van der Waals surface area contributed by atoms with Gasteiger partial charge in [-0.05, 0) is 62.7 Å². The fourth-order valence-corrected chi connectivity index (χ4v) is 2.77. The molecule has 3 rings (SSSR count). The Morgan fingerprint density at radius 2 is 1.38 bits per heavy atom. The number of rotatable bonds is 3. The average Bonchev–Trinajstić information content (AvgIpc) is 2.56. The maximum Gasteiger partial charge on any atom is 0.192 e. The van der Waals surface area contributed by atoms with Gasteiger partial charge in [-0.15, -0.1) is 0 Å². The molecule has 1 aromatic heterocycles. The van der Waals surface area contributed by atoms with E-state index in [0.29, 0.717) is 22.1 Å². The van der Waals surface area contributed by atoms with Crippen molar-refractivity contribution in [2.24, 2.45) is 0 Å². The van der Waals surface area contributed by atoms with Gasteiger partial charge in [-0.3, -0.25) is 4.79 Å². The normalized spacial score (nSPS) is 10.7. The van der Waals surface area contributed by atoms with Gasteiger partial charge in [0.2, 0.25) is 0 Å². The van der Waals surface area contributed by atoms with Crippen molar-refractivity contribution in [1.29, 1.82) is 0 Å². The van der Waals surface area contributed by atoms with Gasteiger partial charge in [0, 0.05) is 27.5 Å². The van der Waals surface area contributed by atoms with Crippen molar-refractivity contribution in [1.82, 2.24) is 4.98 Å². The van der Waals surface area contributed by atoms with E-state index in [1.807, 2.05) is 57.2 Å². The second-order valence-corrected chi connectivity index (χ2v) is 6.22. The van der Waals surface area contributed by atoms with Crippen LogP contribution in [0.25, 0.3) is 11.1 Å². The highest BCUT2D eigenvalue weighted by atomic mass is 35.5. The first-order valence-electron chi connectivity index (χ1n) is 7.69. The highest BCUT2D eigenvalue weighted by molar-refractivity contribution is 6.30. The third kappa shape index (κ3) is 3.22. The van der Waals surface area contributed by atoms with Gasteiger partial charge in [-0.2, -0.15) is 0 Å². The van der Waals surface area contributed by atoms with E-state index < -0.39 is 0 Å². The molecule has 0 aliphatic rings. The highest BCUT2D eigenvalue weighted by Gasteiger charge is 2.11. The van der Waals surface area contributed by atoms with Gasteiger partial charge in [0.15, 0.2) is 5.43 Å². The zero-order valence-electron chi connectivity index (χ0n) is 13.8. The van der Waals surface area contributed by atoms with E-state index in [0.717, 1.165) is 22.5 Å². The second kappa shape index (κ2) is 6.54. The molecule has 3 aromatic rings. The topological polar surface area (TPSA) is 42.1 Å². The van der Waals surface area contributed by atoms with Crippen LogP contribution in [0.3, 0.4) is 0 Å². The lowest BCUT2D eigenvalue weighted by molar-refractivity contribution is 0.483. The van der Waals surface area contributed by atoms with Crippen LogP contribution in [-0.2, 0) is 0 Å². The third-order valence-electron chi connectivity index (χ3n) is 4.07. The fraction of sp³-hybridized carbons (Fsp3) is 0.150. The molecule has 0 spiro atoms. The Kier molecular flexibility index (Phi) is 4.45. The highest BCUT2D eigenvalue weighted by Crippen LogP contribution is 2.26. The second-order valence-electron chi connectivity index (χ2n) is 5.78. The molecule has 0 aliphatic heterocycles. The van der Waals surface area contributed by atoms with Crippen LogP contribution < -0.4 is 10.2 Å². The number of ether oxygens (including phenoxy) is 1. The zero-order valence-corrected chi connectivity index (χ0v) is 14.6. The van der Waals surface area contributed by atoms with E-state index in [2.05, 4.69) is 4.98 Å². The molecule has 0 fully saturated rings. The molecule has 0 saturated heterocycles. The van der Waals surface area contributed by atoms with E-state index >= 15 is 0 Å².